The molecule has 0 aliphatic carbocycles. The second-order valence-corrected chi connectivity index (χ2v) is 3.72. The van der Waals surface area contributed by atoms with E-state index in [9.17, 15) is 4.79 Å². The number of aromatic nitrogens is 2. The van der Waals surface area contributed by atoms with E-state index in [0.29, 0.717) is 12.1 Å². The Morgan fingerprint density at radius 3 is 3.13 bits per heavy atom. The van der Waals surface area contributed by atoms with E-state index >= 15 is 0 Å². The summed E-state index contributed by atoms with van der Waals surface area (Å²) in [6.07, 6.45) is 2.99. The largest absolute Gasteiger partial charge is 0.396 e. The number of hydrogen-bond acceptors (Lipinski definition) is 4. The predicted octanol–water partition coefficient (Wildman–Crippen LogP) is 0.996. The van der Waals surface area contributed by atoms with E-state index in [-0.39, 0.29) is 17.7 Å². The average molecular weight is 232 g/mol. The van der Waals surface area contributed by atoms with Gasteiger partial charge < -0.3 is 10.4 Å². The van der Waals surface area contributed by atoms with Gasteiger partial charge in [-0.15, -0.1) is 0 Å². The van der Waals surface area contributed by atoms with Gasteiger partial charge in [0, 0.05) is 12.6 Å². The van der Waals surface area contributed by atoms with E-state index < -0.39 is 5.56 Å². The zero-order valence-corrected chi connectivity index (χ0v) is 9.21. The number of aromatic amines is 1. The lowest BCUT2D eigenvalue weighted by molar-refractivity contribution is 0.282. The molecule has 0 amide bonds. The molecule has 1 rings (SSSR count). The van der Waals surface area contributed by atoms with Gasteiger partial charge in [0.15, 0.2) is 0 Å². The van der Waals surface area contributed by atoms with E-state index in [0.717, 1.165) is 6.42 Å². The number of H-pyrrole nitrogens is 1. The Bertz CT molecular complexity index is 367. The number of hydrogen-bond donors (Lipinski definition) is 3. The van der Waals surface area contributed by atoms with Crippen molar-refractivity contribution in [2.75, 3.05) is 11.9 Å². The Kier molecular flexibility index (Phi) is 4.58. The summed E-state index contributed by atoms with van der Waals surface area (Å²) in [5.74, 6) is 0. The predicted molar refractivity (Wildman–Crippen MR) is 59.3 cm³/mol. The van der Waals surface area contributed by atoms with Crippen LogP contribution in [0.5, 0.6) is 0 Å². The van der Waals surface area contributed by atoms with E-state index in [1.807, 2.05) is 6.92 Å². The maximum atomic E-state index is 11.1. The van der Waals surface area contributed by atoms with Crippen LogP contribution >= 0.6 is 11.6 Å². The summed E-state index contributed by atoms with van der Waals surface area (Å²) in [6.45, 7) is 2.11. The van der Waals surface area contributed by atoms with E-state index in [2.05, 4.69) is 15.5 Å². The third-order valence-electron chi connectivity index (χ3n) is 1.99. The molecule has 1 atom stereocenters. The fourth-order valence-corrected chi connectivity index (χ4v) is 1.36. The molecule has 0 bridgehead atoms. The Morgan fingerprint density at radius 2 is 2.47 bits per heavy atom. The minimum atomic E-state index is -0.406. The van der Waals surface area contributed by atoms with Crippen LogP contribution in [0.15, 0.2) is 11.0 Å². The highest BCUT2D eigenvalue weighted by molar-refractivity contribution is 6.32. The molecule has 1 heterocycles. The van der Waals surface area contributed by atoms with Crippen molar-refractivity contribution in [2.24, 2.45) is 0 Å². The smallest absolute Gasteiger partial charge is 0.285 e. The highest BCUT2D eigenvalue weighted by atomic mass is 35.5. The Morgan fingerprint density at radius 1 is 1.73 bits per heavy atom. The van der Waals surface area contributed by atoms with Crippen LogP contribution in [0.3, 0.4) is 0 Å². The number of nitrogens with one attached hydrogen (secondary N) is 2. The van der Waals surface area contributed by atoms with Crippen LogP contribution < -0.4 is 10.9 Å². The lowest BCUT2D eigenvalue weighted by atomic mass is 10.2. The lowest BCUT2D eigenvalue weighted by Crippen LogP contribution is -2.19. The molecular weight excluding hydrogens is 218 g/mol. The van der Waals surface area contributed by atoms with Crippen molar-refractivity contribution in [2.45, 2.75) is 25.8 Å². The maximum absolute atomic E-state index is 11.1. The molecule has 1 aromatic heterocycles. The maximum Gasteiger partial charge on any atom is 0.285 e. The third kappa shape index (κ3) is 3.53. The first kappa shape index (κ1) is 12.0. The summed E-state index contributed by atoms with van der Waals surface area (Å²) < 4.78 is 0. The summed E-state index contributed by atoms with van der Waals surface area (Å²) in [4.78, 5) is 11.1. The molecule has 84 valence electrons. The minimum Gasteiger partial charge on any atom is -0.396 e. The van der Waals surface area contributed by atoms with Crippen LogP contribution in [0.2, 0.25) is 5.02 Å². The second kappa shape index (κ2) is 5.72. The molecule has 0 saturated carbocycles. The van der Waals surface area contributed by atoms with E-state index in [1.54, 1.807) is 0 Å². The highest BCUT2D eigenvalue weighted by Gasteiger charge is 2.07. The molecule has 0 spiro atoms. The standard InChI is InChI=1S/C9H14ClN3O2/c1-6(3-2-4-14)12-7-5-11-13-9(15)8(7)10/h5-6,14H,2-4H2,1H3,(H2,12,13,15). The molecule has 0 fully saturated rings. The van der Waals surface area contributed by atoms with Gasteiger partial charge in [-0.05, 0) is 19.8 Å². The molecule has 3 N–H and O–H groups in total. The van der Waals surface area contributed by atoms with Crippen molar-refractivity contribution in [3.05, 3.63) is 21.6 Å². The van der Waals surface area contributed by atoms with Gasteiger partial charge >= 0.3 is 0 Å². The molecule has 5 nitrogen and oxygen atoms in total. The zero-order chi connectivity index (χ0) is 11.3. The Hall–Kier alpha value is -1.07. The average Bonchev–Trinajstić information content (AvgIpc) is 2.22. The molecule has 0 aliphatic rings. The van der Waals surface area contributed by atoms with Gasteiger partial charge in [0.05, 0.1) is 11.9 Å². The first-order valence-corrected chi connectivity index (χ1v) is 5.13. The Balaban J connectivity index is 2.64. The van der Waals surface area contributed by atoms with Gasteiger partial charge in [0.2, 0.25) is 0 Å². The van der Waals surface area contributed by atoms with Gasteiger partial charge in [-0.1, -0.05) is 11.6 Å². The first-order chi connectivity index (χ1) is 7.15. The molecule has 15 heavy (non-hydrogen) atoms. The van der Waals surface area contributed by atoms with Crippen molar-refractivity contribution in [3.8, 4) is 0 Å². The molecule has 0 aromatic carbocycles. The lowest BCUT2D eigenvalue weighted by Gasteiger charge is -2.14. The van der Waals surface area contributed by atoms with Crippen LogP contribution in [0.25, 0.3) is 0 Å². The number of aliphatic hydroxyl groups is 1. The number of rotatable bonds is 5. The molecule has 0 radical (unpaired) electrons. The number of halogens is 1. The first-order valence-electron chi connectivity index (χ1n) is 4.75. The molecular formula is C9H14ClN3O2. The molecule has 1 aromatic rings. The van der Waals surface area contributed by atoms with Crippen LogP contribution in [0, 0.1) is 0 Å². The van der Waals surface area contributed by atoms with Crippen molar-refractivity contribution in [1.82, 2.24) is 10.2 Å². The van der Waals surface area contributed by atoms with Gasteiger partial charge in [-0.25, -0.2) is 5.10 Å². The summed E-state index contributed by atoms with van der Waals surface area (Å²) in [5, 5.41) is 17.7. The quantitative estimate of drug-likeness (QED) is 0.707. The van der Waals surface area contributed by atoms with E-state index in [4.69, 9.17) is 16.7 Å². The van der Waals surface area contributed by atoms with Crippen molar-refractivity contribution in [1.29, 1.82) is 0 Å². The normalized spacial score (nSPS) is 12.5. The number of aliphatic hydroxyl groups excluding tert-OH is 1. The zero-order valence-electron chi connectivity index (χ0n) is 8.46. The topological polar surface area (TPSA) is 78.0 Å². The summed E-state index contributed by atoms with van der Waals surface area (Å²) >= 11 is 5.78. The van der Waals surface area contributed by atoms with Crippen LogP contribution in [-0.2, 0) is 0 Å². The van der Waals surface area contributed by atoms with Crippen molar-refractivity contribution < 1.29 is 5.11 Å². The minimum absolute atomic E-state index is 0.112. The summed E-state index contributed by atoms with van der Waals surface area (Å²) in [6, 6.07) is 0.137. The van der Waals surface area contributed by atoms with Gasteiger partial charge in [-0.2, -0.15) is 5.10 Å². The fourth-order valence-electron chi connectivity index (χ4n) is 1.22. The third-order valence-corrected chi connectivity index (χ3v) is 2.37. The molecule has 1 unspecified atom stereocenters. The summed E-state index contributed by atoms with van der Waals surface area (Å²) in [5.41, 5.74) is 0.113. The van der Waals surface area contributed by atoms with Gasteiger partial charge in [0.25, 0.3) is 5.56 Å². The van der Waals surface area contributed by atoms with Gasteiger partial charge in [0.1, 0.15) is 5.02 Å². The van der Waals surface area contributed by atoms with Crippen LogP contribution in [0.1, 0.15) is 19.8 Å². The Labute approximate surface area is 92.5 Å². The number of nitrogens with zero attached hydrogens (tertiary/aromatic N) is 1. The van der Waals surface area contributed by atoms with Crippen molar-refractivity contribution >= 4 is 17.3 Å². The number of anilines is 1. The van der Waals surface area contributed by atoms with Crippen LogP contribution in [0.4, 0.5) is 5.69 Å². The monoisotopic (exact) mass is 231 g/mol. The highest BCUT2D eigenvalue weighted by Crippen LogP contribution is 2.16. The SMILES string of the molecule is CC(CCCO)Nc1cn[nH]c(=O)c1Cl. The van der Waals surface area contributed by atoms with Crippen LogP contribution in [-0.4, -0.2) is 28.0 Å². The van der Waals surface area contributed by atoms with Crippen molar-refractivity contribution in [3.63, 3.8) is 0 Å². The molecule has 0 aliphatic heterocycles. The molecule has 6 heteroatoms. The summed E-state index contributed by atoms with van der Waals surface area (Å²) in [7, 11) is 0. The van der Waals surface area contributed by atoms with Gasteiger partial charge in [-0.3, -0.25) is 4.79 Å². The fraction of sp³-hybridized carbons (Fsp3) is 0.556. The molecule has 0 saturated heterocycles. The second-order valence-electron chi connectivity index (χ2n) is 3.34. The van der Waals surface area contributed by atoms with E-state index in [1.165, 1.54) is 6.20 Å².